The summed E-state index contributed by atoms with van der Waals surface area (Å²) in [6.45, 7) is 1.94. The van der Waals surface area contributed by atoms with Gasteiger partial charge in [-0.3, -0.25) is 4.79 Å². The summed E-state index contributed by atoms with van der Waals surface area (Å²) in [6.07, 6.45) is 3.09. The fourth-order valence-corrected chi connectivity index (χ4v) is 4.95. The lowest BCUT2D eigenvalue weighted by Gasteiger charge is -2.15. The van der Waals surface area contributed by atoms with Gasteiger partial charge in [-0.2, -0.15) is 0 Å². The van der Waals surface area contributed by atoms with Gasteiger partial charge in [0.1, 0.15) is 5.82 Å². The van der Waals surface area contributed by atoms with Gasteiger partial charge in [0.05, 0.1) is 11.8 Å². The molecular formula is C20H21ClN4OS2. The minimum atomic E-state index is -0.141. The molecule has 0 saturated heterocycles. The topological polar surface area (TPSA) is 59.8 Å². The van der Waals surface area contributed by atoms with E-state index in [1.807, 2.05) is 31.2 Å². The van der Waals surface area contributed by atoms with Crippen LogP contribution >= 0.6 is 34.7 Å². The third kappa shape index (κ3) is 4.59. The van der Waals surface area contributed by atoms with Gasteiger partial charge in [0.2, 0.25) is 5.91 Å². The Balaban J connectivity index is 1.38. The fourth-order valence-electron chi connectivity index (χ4n) is 3.11. The first-order valence-corrected chi connectivity index (χ1v) is 11.5. The molecule has 0 bridgehead atoms. The molecule has 0 spiro atoms. The Labute approximate surface area is 177 Å². The number of thioether (sulfide) groups is 1. The maximum Gasteiger partial charge on any atom is 0.230 e. The van der Waals surface area contributed by atoms with Crippen LogP contribution in [0.2, 0.25) is 5.02 Å². The van der Waals surface area contributed by atoms with Crippen molar-refractivity contribution in [1.82, 2.24) is 20.1 Å². The average molecular weight is 433 g/mol. The average Bonchev–Trinajstić information content (AvgIpc) is 3.23. The van der Waals surface area contributed by atoms with Crippen LogP contribution in [0.5, 0.6) is 0 Å². The Morgan fingerprint density at radius 3 is 2.86 bits per heavy atom. The number of hydrogen-bond donors (Lipinski definition) is 1. The summed E-state index contributed by atoms with van der Waals surface area (Å²) in [4.78, 5) is 13.7. The fraction of sp³-hybridized carbons (Fsp3) is 0.350. The smallest absolute Gasteiger partial charge is 0.230 e. The van der Waals surface area contributed by atoms with Crippen LogP contribution in [0.15, 0.2) is 46.9 Å². The van der Waals surface area contributed by atoms with Crippen molar-refractivity contribution in [2.75, 3.05) is 5.75 Å². The zero-order valence-corrected chi connectivity index (χ0v) is 17.9. The van der Waals surface area contributed by atoms with E-state index in [0.29, 0.717) is 16.8 Å². The lowest BCUT2D eigenvalue weighted by molar-refractivity contribution is -0.119. The highest BCUT2D eigenvalue weighted by Gasteiger charge is 2.30. The molecule has 1 atom stereocenters. The molecule has 146 valence electrons. The summed E-state index contributed by atoms with van der Waals surface area (Å²) in [5.74, 6) is 1.25. The molecule has 4 rings (SSSR count). The van der Waals surface area contributed by atoms with E-state index in [-0.39, 0.29) is 11.9 Å². The second-order valence-electron chi connectivity index (χ2n) is 6.86. The van der Waals surface area contributed by atoms with Gasteiger partial charge in [-0.05, 0) is 42.8 Å². The Bertz CT molecular complexity index is 953. The number of halogens is 1. The molecule has 1 fully saturated rings. The van der Waals surface area contributed by atoms with Crippen molar-refractivity contribution in [2.45, 2.75) is 43.4 Å². The highest BCUT2D eigenvalue weighted by Crippen LogP contribution is 2.39. The quantitative estimate of drug-likeness (QED) is 0.515. The van der Waals surface area contributed by atoms with E-state index in [0.717, 1.165) is 35.8 Å². The van der Waals surface area contributed by atoms with Crippen LogP contribution in [-0.2, 0) is 11.2 Å². The molecule has 1 amide bonds. The van der Waals surface area contributed by atoms with E-state index in [1.54, 1.807) is 11.3 Å². The number of amides is 1. The van der Waals surface area contributed by atoms with E-state index in [1.165, 1.54) is 16.6 Å². The number of aromatic nitrogens is 3. The van der Waals surface area contributed by atoms with Crippen LogP contribution in [0, 0.1) is 0 Å². The molecule has 3 aromatic rings. The standard InChI is InChI=1S/C20H21ClN4OS2/c1-13(16-6-2-3-7-17(16)21)22-19(26)12-28-20-24-23-18(25(20)14-8-9-14)11-15-5-4-10-27-15/h2-7,10,13-14H,8-9,11-12H2,1H3,(H,22,26). The molecule has 1 aliphatic carbocycles. The van der Waals surface area contributed by atoms with Crippen molar-refractivity contribution < 1.29 is 4.79 Å². The molecule has 8 heteroatoms. The molecule has 1 aliphatic rings. The summed E-state index contributed by atoms with van der Waals surface area (Å²) in [5, 5.41) is 15.3. The molecule has 0 radical (unpaired) electrons. The molecule has 2 heterocycles. The number of carbonyl (C=O) groups excluding carboxylic acids is 1. The first-order chi connectivity index (χ1) is 13.6. The number of thiophene rings is 1. The predicted octanol–water partition coefficient (Wildman–Crippen LogP) is 4.89. The number of hydrogen-bond acceptors (Lipinski definition) is 5. The number of benzene rings is 1. The summed E-state index contributed by atoms with van der Waals surface area (Å²) in [6, 6.07) is 12.1. The van der Waals surface area contributed by atoms with Crippen LogP contribution in [-0.4, -0.2) is 26.4 Å². The van der Waals surface area contributed by atoms with Crippen molar-refractivity contribution >= 4 is 40.6 Å². The Kier molecular flexibility index (Phi) is 6.04. The van der Waals surface area contributed by atoms with E-state index in [9.17, 15) is 4.79 Å². The van der Waals surface area contributed by atoms with Crippen molar-refractivity contribution in [3.05, 3.63) is 63.1 Å². The molecule has 1 saturated carbocycles. The van der Waals surface area contributed by atoms with Crippen LogP contribution in [0.3, 0.4) is 0 Å². The highest BCUT2D eigenvalue weighted by molar-refractivity contribution is 7.99. The van der Waals surface area contributed by atoms with Crippen LogP contribution in [0.4, 0.5) is 0 Å². The first-order valence-electron chi connectivity index (χ1n) is 9.24. The number of rotatable bonds is 8. The molecule has 28 heavy (non-hydrogen) atoms. The summed E-state index contributed by atoms with van der Waals surface area (Å²) < 4.78 is 2.22. The monoisotopic (exact) mass is 432 g/mol. The molecule has 5 nitrogen and oxygen atoms in total. The third-order valence-corrected chi connectivity index (χ3v) is 6.80. The summed E-state index contributed by atoms with van der Waals surface area (Å²) in [5.41, 5.74) is 0.918. The van der Waals surface area contributed by atoms with Gasteiger partial charge in [0.15, 0.2) is 5.16 Å². The maximum absolute atomic E-state index is 12.4. The molecular weight excluding hydrogens is 412 g/mol. The lowest BCUT2D eigenvalue weighted by atomic mass is 10.1. The molecule has 1 N–H and O–H groups in total. The summed E-state index contributed by atoms with van der Waals surface area (Å²) in [7, 11) is 0. The molecule has 0 aliphatic heterocycles. The van der Waals surface area contributed by atoms with Gasteiger partial charge in [-0.1, -0.05) is 47.6 Å². The Morgan fingerprint density at radius 2 is 2.14 bits per heavy atom. The predicted molar refractivity (Wildman–Crippen MR) is 114 cm³/mol. The van der Waals surface area contributed by atoms with E-state index >= 15 is 0 Å². The Hall–Kier alpha value is -1.83. The van der Waals surface area contributed by atoms with Crippen LogP contribution in [0.25, 0.3) is 0 Å². The van der Waals surface area contributed by atoms with Gasteiger partial charge in [-0.15, -0.1) is 21.5 Å². The SMILES string of the molecule is CC(NC(=O)CSc1nnc(Cc2cccs2)n1C1CC1)c1ccccc1Cl. The number of nitrogens with zero attached hydrogens (tertiary/aromatic N) is 3. The van der Waals surface area contributed by atoms with Gasteiger partial charge >= 0.3 is 0 Å². The Morgan fingerprint density at radius 1 is 1.32 bits per heavy atom. The second-order valence-corrected chi connectivity index (χ2v) is 9.24. The maximum atomic E-state index is 12.4. The molecule has 1 unspecified atom stereocenters. The number of nitrogens with one attached hydrogen (secondary N) is 1. The third-order valence-electron chi connectivity index (χ3n) is 4.64. The van der Waals surface area contributed by atoms with Gasteiger partial charge in [-0.25, -0.2) is 0 Å². The second kappa shape index (κ2) is 8.68. The van der Waals surface area contributed by atoms with Crippen molar-refractivity contribution in [1.29, 1.82) is 0 Å². The van der Waals surface area contributed by atoms with Gasteiger partial charge < -0.3 is 9.88 Å². The zero-order chi connectivity index (χ0) is 19.5. The summed E-state index contributed by atoms with van der Waals surface area (Å²) >= 11 is 9.40. The van der Waals surface area contributed by atoms with Crippen LogP contribution in [0.1, 0.15) is 48.1 Å². The first kappa shape index (κ1) is 19.5. The minimum absolute atomic E-state index is 0.0393. The van der Waals surface area contributed by atoms with Crippen molar-refractivity contribution in [2.24, 2.45) is 0 Å². The van der Waals surface area contributed by atoms with Crippen molar-refractivity contribution in [3.8, 4) is 0 Å². The van der Waals surface area contributed by atoms with Crippen molar-refractivity contribution in [3.63, 3.8) is 0 Å². The molecule has 2 aromatic heterocycles. The van der Waals surface area contributed by atoms with E-state index in [4.69, 9.17) is 11.6 Å². The number of carbonyl (C=O) groups is 1. The van der Waals surface area contributed by atoms with Gasteiger partial charge in [0.25, 0.3) is 0 Å². The van der Waals surface area contributed by atoms with Gasteiger partial charge in [0, 0.05) is 22.4 Å². The largest absolute Gasteiger partial charge is 0.349 e. The van der Waals surface area contributed by atoms with E-state index in [2.05, 4.69) is 37.6 Å². The minimum Gasteiger partial charge on any atom is -0.349 e. The molecule has 1 aromatic carbocycles. The highest BCUT2D eigenvalue weighted by atomic mass is 35.5. The van der Waals surface area contributed by atoms with Crippen LogP contribution < -0.4 is 5.32 Å². The normalized spacial score (nSPS) is 14.8. The lowest BCUT2D eigenvalue weighted by Crippen LogP contribution is -2.28. The zero-order valence-electron chi connectivity index (χ0n) is 15.5. The van der Waals surface area contributed by atoms with E-state index < -0.39 is 0 Å².